The monoisotopic (exact) mass is 333 g/mol. The number of hydrogen-bond donors (Lipinski definition) is 2. The third-order valence-corrected chi connectivity index (χ3v) is 3.99. The summed E-state index contributed by atoms with van der Waals surface area (Å²) < 4.78 is 4.95. The van der Waals surface area contributed by atoms with Crippen LogP contribution in [0.15, 0.2) is 34.7 Å². The lowest BCUT2D eigenvalue weighted by Gasteiger charge is -2.23. The molecular weight excluding hydrogens is 306 g/mol. The minimum atomic E-state index is -0.224. The molecule has 24 heavy (non-hydrogen) atoms. The van der Waals surface area contributed by atoms with Crippen LogP contribution >= 0.6 is 0 Å². The summed E-state index contributed by atoms with van der Waals surface area (Å²) in [4.78, 5) is 26.8. The van der Waals surface area contributed by atoms with Crippen LogP contribution in [0.3, 0.4) is 0 Å². The number of carbonyl (C=O) groups is 2. The fraction of sp³-hybridized carbons (Fsp3) is 0.556. The molecular formula is C18H27N3O3. The summed E-state index contributed by atoms with van der Waals surface area (Å²) in [6.07, 6.45) is 5.62. The zero-order valence-corrected chi connectivity index (χ0v) is 14.8. The van der Waals surface area contributed by atoms with Gasteiger partial charge in [0.1, 0.15) is 6.26 Å². The van der Waals surface area contributed by atoms with E-state index in [4.69, 9.17) is 4.42 Å². The van der Waals surface area contributed by atoms with Gasteiger partial charge >= 0.3 is 0 Å². The second kappa shape index (κ2) is 8.15. The quantitative estimate of drug-likeness (QED) is 0.780. The predicted octanol–water partition coefficient (Wildman–Crippen LogP) is 1.94. The molecule has 2 atom stereocenters. The van der Waals surface area contributed by atoms with Crippen molar-refractivity contribution in [2.75, 3.05) is 13.1 Å². The highest BCUT2D eigenvalue weighted by Crippen LogP contribution is 2.19. The Hall–Kier alpha value is -2.08. The van der Waals surface area contributed by atoms with Crippen LogP contribution < -0.4 is 10.6 Å². The first-order valence-corrected chi connectivity index (χ1v) is 8.37. The highest BCUT2D eigenvalue weighted by molar-refractivity contribution is 5.94. The zero-order valence-electron chi connectivity index (χ0n) is 14.8. The summed E-state index contributed by atoms with van der Waals surface area (Å²) in [6, 6.07) is 1.45. The number of allylic oxidation sites excluding steroid dienone is 1. The maximum atomic E-state index is 12.5. The van der Waals surface area contributed by atoms with Gasteiger partial charge in [0.25, 0.3) is 5.91 Å². The van der Waals surface area contributed by atoms with Gasteiger partial charge in [-0.15, -0.1) is 0 Å². The number of carbonyl (C=O) groups excluding carboxylic acids is 2. The summed E-state index contributed by atoms with van der Waals surface area (Å²) >= 11 is 0. The van der Waals surface area contributed by atoms with Gasteiger partial charge in [0.05, 0.1) is 17.9 Å². The second-order valence-electron chi connectivity index (χ2n) is 6.83. The predicted molar refractivity (Wildman–Crippen MR) is 92.6 cm³/mol. The van der Waals surface area contributed by atoms with Crippen molar-refractivity contribution in [2.45, 2.75) is 52.2 Å². The second-order valence-corrected chi connectivity index (χ2v) is 6.83. The molecule has 2 N–H and O–H groups in total. The molecule has 1 saturated heterocycles. The number of nitrogens with zero attached hydrogens (tertiary/aromatic N) is 1. The van der Waals surface area contributed by atoms with Gasteiger partial charge < -0.3 is 15.1 Å². The molecule has 6 nitrogen and oxygen atoms in total. The van der Waals surface area contributed by atoms with Crippen LogP contribution in [-0.4, -0.2) is 47.9 Å². The Morgan fingerprint density at radius 3 is 2.75 bits per heavy atom. The number of rotatable bonds is 6. The van der Waals surface area contributed by atoms with Crippen LogP contribution in [0.1, 0.15) is 44.5 Å². The van der Waals surface area contributed by atoms with Crippen LogP contribution in [0.4, 0.5) is 0 Å². The molecule has 0 aliphatic carbocycles. The minimum absolute atomic E-state index is 0.0206. The van der Waals surface area contributed by atoms with Gasteiger partial charge in [-0.1, -0.05) is 11.6 Å². The number of furan rings is 1. The van der Waals surface area contributed by atoms with Crippen molar-refractivity contribution >= 4 is 11.8 Å². The van der Waals surface area contributed by atoms with Crippen LogP contribution in [-0.2, 0) is 4.79 Å². The topological polar surface area (TPSA) is 74.6 Å². The van der Waals surface area contributed by atoms with E-state index in [1.807, 2.05) is 27.7 Å². The standard InChI is InChI=1S/C18H27N3O3/c1-12(2)5-7-21-10-15(9-16(21)18(23)19-13(3)4)20-17(22)14-6-8-24-11-14/h5-6,8,11,13,15-16H,7,9-10H2,1-4H3,(H,19,23)(H,20,22)/t15-,16+/m1/s1. The van der Waals surface area contributed by atoms with Gasteiger partial charge in [-0.2, -0.15) is 0 Å². The molecule has 0 saturated carbocycles. The first-order valence-electron chi connectivity index (χ1n) is 8.37. The molecule has 2 rings (SSSR count). The maximum Gasteiger partial charge on any atom is 0.254 e. The summed E-state index contributed by atoms with van der Waals surface area (Å²) in [5, 5.41) is 5.97. The molecule has 132 valence electrons. The van der Waals surface area contributed by atoms with E-state index in [2.05, 4.69) is 21.6 Å². The van der Waals surface area contributed by atoms with Gasteiger partial charge in [0.15, 0.2) is 0 Å². The number of likely N-dealkylation sites (tertiary alicyclic amines) is 1. The van der Waals surface area contributed by atoms with Gasteiger partial charge in [0.2, 0.25) is 5.91 Å². The number of hydrogen-bond acceptors (Lipinski definition) is 4. The molecule has 2 heterocycles. The van der Waals surface area contributed by atoms with E-state index in [1.54, 1.807) is 6.07 Å². The maximum absolute atomic E-state index is 12.5. The Kier molecular flexibility index (Phi) is 6.20. The number of amides is 2. The molecule has 0 unspecified atom stereocenters. The Morgan fingerprint density at radius 2 is 2.17 bits per heavy atom. The molecule has 0 bridgehead atoms. The van der Waals surface area contributed by atoms with Crippen molar-refractivity contribution in [1.82, 2.24) is 15.5 Å². The average Bonchev–Trinajstić information content (AvgIpc) is 3.13. The van der Waals surface area contributed by atoms with Crippen molar-refractivity contribution in [3.05, 3.63) is 35.8 Å². The van der Waals surface area contributed by atoms with Gasteiger partial charge in [-0.25, -0.2) is 0 Å². The first-order chi connectivity index (χ1) is 11.4. The van der Waals surface area contributed by atoms with Gasteiger partial charge in [-0.05, 0) is 40.2 Å². The average molecular weight is 333 g/mol. The Bertz CT molecular complexity index is 589. The minimum Gasteiger partial charge on any atom is -0.472 e. The van der Waals surface area contributed by atoms with Crippen molar-refractivity contribution in [3.63, 3.8) is 0 Å². The van der Waals surface area contributed by atoms with Crippen LogP contribution in [0.2, 0.25) is 0 Å². The third-order valence-electron chi connectivity index (χ3n) is 3.99. The largest absolute Gasteiger partial charge is 0.472 e. The molecule has 1 fully saturated rings. The summed E-state index contributed by atoms with van der Waals surface area (Å²) in [6.45, 7) is 9.34. The van der Waals surface area contributed by atoms with E-state index >= 15 is 0 Å². The highest BCUT2D eigenvalue weighted by Gasteiger charge is 2.37. The fourth-order valence-electron chi connectivity index (χ4n) is 2.83. The summed E-state index contributed by atoms with van der Waals surface area (Å²) in [5.74, 6) is -0.145. The summed E-state index contributed by atoms with van der Waals surface area (Å²) in [5.41, 5.74) is 1.71. The molecule has 1 aromatic heterocycles. The lowest BCUT2D eigenvalue weighted by atomic mass is 10.1. The molecule has 2 amide bonds. The van der Waals surface area contributed by atoms with E-state index in [0.29, 0.717) is 25.1 Å². The molecule has 1 aliphatic rings. The molecule has 0 radical (unpaired) electrons. The normalized spacial score (nSPS) is 20.9. The number of nitrogens with one attached hydrogen (secondary N) is 2. The van der Waals surface area contributed by atoms with Crippen molar-refractivity contribution in [3.8, 4) is 0 Å². The van der Waals surface area contributed by atoms with Crippen LogP contribution in [0.5, 0.6) is 0 Å². The van der Waals surface area contributed by atoms with E-state index in [-0.39, 0.29) is 29.9 Å². The SMILES string of the molecule is CC(C)=CCN1C[C@H](NC(=O)c2ccoc2)C[C@H]1C(=O)NC(C)C. The molecule has 0 aromatic carbocycles. The van der Waals surface area contributed by atoms with E-state index in [0.717, 1.165) is 0 Å². The van der Waals surface area contributed by atoms with Crippen LogP contribution in [0, 0.1) is 0 Å². The van der Waals surface area contributed by atoms with E-state index < -0.39 is 0 Å². The lowest BCUT2D eigenvalue weighted by Crippen LogP contribution is -2.45. The van der Waals surface area contributed by atoms with Gasteiger partial charge in [0, 0.05) is 25.2 Å². The van der Waals surface area contributed by atoms with E-state index in [1.165, 1.54) is 18.1 Å². The summed E-state index contributed by atoms with van der Waals surface area (Å²) in [7, 11) is 0. The smallest absolute Gasteiger partial charge is 0.254 e. The zero-order chi connectivity index (χ0) is 17.7. The Labute approximate surface area is 143 Å². The van der Waals surface area contributed by atoms with Crippen molar-refractivity contribution < 1.29 is 14.0 Å². The molecule has 0 spiro atoms. The molecule has 1 aliphatic heterocycles. The van der Waals surface area contributed by atoms with Gasteiger partial charge in [-0.3, -0.25) is 14.5 Å². The van der Waals surface area contributed by atoms with Crippen LogP contribution in [0.25, 0.3) is 0 Å². The highest BCUT2D eigenvalue weighted by atomic mass is 16.3. The lowest BCUT2D eigenvalue weighted by molar-refractivity contribution is -0.125. The van der Waals surface area contributed by atoms with Crippen molar-refractivity contribution in [2.24, 2.45) is 0 Å². The Morgan fingerprint density at radius 1 is 1.42 bits per heavy atom. The van der Waals surface area contributed by atoms with Crippen molar-refractivity contribution in [1.29, 1.82) is 0 Å². The third kappa shape index (κ3) is 4.96. The van der Waals surface area contributed by atoms with E-state index in [9.17, 15) is 9.59 Å². The molecule has 6 heteroatoms. The Balaban J connectivity index is 2.03. The molecule has 1 aromatic rings. The fourth-order valence-corrected chi connectivity index (χ4v) is 2.83. The first kappa shape index (κ1) is 18.3.